The fourth-order valence-corrected chi connectivity index (χ4v) is 9.57. The van der Waals surface area contributed by atoms with Crippen molar-refractivity contribution in [1.82, 2.24) is 5.32 Å². The van der Waals surface area contributed by atoms with Crippen LogP contribution < -0.4 is 5.32 Å². The van der Waals surface area contributed by atoms with E-state index in [4.69, 9.17) is 4.74 Å². The van der Waals surface area contributed by atoms with Gasteiger partial charge in [0.05, 0.1) is 25.4 Å². The Kier molecular flexibility index (Phi) is 56.5. The van der Waals surface area contributed by atoms with Crippen LogP contribution in [0, 0.1) is 0 Å². The molecule has 2 atom stereocenters. The average Bonchev–Trinajstić information content (AvgIpc) is 3.34. The van der Waals surface area contributed by atoms with Crippen molar-refractivity contribution in [2.75, 3.05) is 13.2 Å². The SMILES string of the molecule is CCCCCCCCCCCCCCCCCCCCCCCCCCC(O)C(CO)NC(=O)CC/C=C\C/C=C\CCCCCCCCOC(=O)CCCCCCCCCCCCCCCC. The van der Waals surface area contributed by atoms with E-state index in [0.29, 0.717) is 32.3 Å². The molecule has 0 heterocycles. The Morgan fingerprint density at radius 3 is 1.15 bits per heavy atom. The zero-order valence-electron chi connectivity index (χ0n) is 45.9. The molecule has 0 aliphatic rings. The molecule has 402 valence electrons. The van der Waals surface area contributed by atoms with Gasteiger partial charge in [-0.05, 0) is 44.9 Å². The Balaban J connectivity index is 3.51. The molecule has 0 radical (unpaired) electrons. The number of aliphatic hydroxyl groups excluding tert-OH is 2. The first-order valence-corrected chi connectivity index (χ1v) is 30.6. The van der Waals surface area contributed by atoms with Crippen molar-refractivity contribution in [2.45, 2.75) is 347 Å². The summed E-state index contributed by atoms with van der Waals surface area (Å²) in [5.41, 5.74) is 0. The predicted octanol–water partition coefficient (Wildman–Crippen LogP) is 19.0. The van der Waals surface area contributed by atoms with Crippen LogP contribution in [0.3, 0.4) is 0 Å². The highest BCUT2D eigenvalue weighted by Crippen LogP contribution is 2.18. The molecule has 2 unspecified atom stereocenters. The molecule has 68 heavy (non-hydrogen) atoms. The first-order valence-electron chi connectivity index (χ1n) is 30.6. The van der Waals surface area contributed by atoms with E-state index in [-0.39, 0.29) is 18.5 Å². The standard InChI is InChI=1S/C62H119NO5/c1-3-5-7-9-11-13-15-17-19-20-21-22-23-24-25-26-27-28-30-34-38-42-46-50-54-60(65)59(58-64)63-61(66)55-51-47-43-39-35-31-29-33-37-41-45-49-53-57-68-62(67)56-52-48-44-40-36-32-18-16-14-12-10-8-6-4-2/h31,35,43,47,59-60,64-65H,3-30,32-34,36-42,44-46,48-58H2,1-2H3,(H,63,66)/b35-31-,47-43-. The summed E-state index contributed by atoms with van der Waals surface area (Å²) in [6.07, 6.45) is 70.5. The molecule has 0 aliphatic carbocycles. The van der Waals surface area contributed by atoms with E-state index in [0.717, 1.165) is 51.4 Å². The summed E-state index contributed by atoms with van der Waals surface area (Å²) in [5.74, 6) is -0.126. The average molecular weight is 959 g/mol. The second-order valence-corrected chi connectivity index (χ2v) is 21.0. The summed E-state index contributed by atoms with van der Waals surface area (Å²) in [4.78, 5) is 24.5. The smallest absolute Gasteiger partial charge is 0.305 e. The predicted molar refractivity (Wildman–Crippen MR) is 296 cm³/mol. The van der Waals surface area contributed by atoms with E-state index in [1.807, 2.05) is 6.08 Å². The third-order valence-corrected chi connectivity index (χ3v) is 14.3. The van der Waals surface area contributed by atoms with E-state index in [1.54, 1.807) is 0 Å². The van der Waals surface area contributed by atoms with Gasteiger partial charge in [-0.3, -0.25) is 9.59 Å². The number of hydrogen-bond acceptors (Lipinski definition) is 5. The minimum Gasteiger partial charge on any atom is -0.466 e. The lowest BCUT2D eigenvalue weighted by molar-refractivity contribution is -0.143. The molecule has 1 amide bonds. The molecular formula is C62H119NO5. The number of rotatable bonds is 57. The lowest BCUT2D eigenvalue weighted by atomic mass is 10.0. The maximum atomic E-state index is 12.5. The number of hydrogen-bond donors (Lipinski definition) is 3. The summed E-state index contributed by atoms with van der Waals surface area (Å²) in [6, 6.07) is -0.586. The quantitative estimate of drug-likeness (QED) is 0.0321. The number of amides is 1. The van der Waals surface area contributed by atoms with Gasteiger partial charge in [0.25, 0.3) is 0 Å². The third-order valence-electron chi connectivity index (χ3n) is 14.3. The van der Waals surface area contributed by atoms with E-state index >= 15 is 0 Å². The molecule has 0 spiro atoms. The van der Waals surface area contributed by atoms with Crippen LogP contribution in [0.1, 0.15) is 335 Å². The summed E-state index contributed by atoms with van der Waals surface area (Å²) in [7, 11) is 0. The molecule has 0 rings (SSSR count). The number of carbonyl (C=O) groups is 2. The Morgan fingerprint density at radius 2 is 0.750 bits per heavy atom. The molecule has 0 aromatic rings. The minimum absolute atomic E-state index is 0.0138. The van der Waals surface area contributed by atoms with Crippen molar-refractivity contribution in [2.24, 2.45) is 0 Å². The number of allylic oxidation sites excluding steroid dienone is 4. The van der Waals surface area contributed by atoms with Gasteiger partial charge in [0.1, 0.15) is 0 Å². The van der Waals surface area contributed by atoms with E-state index in [2.05, 4.69) is 37.4 Å². The number of carbonyl (C=O) groups excluding carboxylic acids is 2. The number of ether oxygens (including phenoxy) is 1. The first-order chi connectivity index (χ1) is 33.5. The van der Waals surface area contributed by atoms with Gasteiger partial charge in [0.15, 0.2) is 0 Å². The lowest BCUT2D eigenvalue weighted by Gasteiger charge is -2.22. The highest BCUT2D eigenvalue weighted by molar-refractivity contribution is 5.76. The highest BCUT2D eigenvalue weighted by Gasteiger charge is 2.20. The number of esters is 1. The van der Waals surface area contributed by atoms with Crippen molar-refractivity contribution in [3.05, 3.63) is 24.3 Å². The number of unbranched alkanes of at least 4 members (excludes halogenated alkanes) is 42. The van der Waals surface area contributed by atoms with Crippen LogP contribution in [0.25, 0.3) is 0 Å². The van der Waals surface area contributed by atoms with Gasteiger partial charge in [-0.25, -0.2) is 0 Å². The molecular weight excluding hydrogens is 839 g/mol. The molecule has 0 aromatic heterocycles. The number of nitrogens with one attached hydrogen (secondary N) is 1. The summed E-state index contributed by atoms with van der Waals surface area (Å²) < 4.78 is 5.46. The van der Waals surface area contributed by atoms with Crippen molar-refractivity contribution < 1.29 is 24.5 Å². The zero-order chi connectivity index (χ0) is 49.3. The van der Waals surface area contributed by atoms with Crippen LogP contribution in [0.2, 0.25) is 0 Å². The van der Waals surface area contributed by atoms with Gasteiger partial charge in [0, 0.05) is 12.8 Å². The van der Waals surface area contributed by atoms with Crippen LogP contribution in [0.15, 0.2) is 24.3 Å². The van der Waals surface area contributed by atoms with Crippen molar-refractivity contribution >= 4 is 11.9 Å². The maximum absolute atomic E-state index is 12.5. The van der Waals surface area contributed by atoms with E-state index in [1.165, 1.54) is 244 Å². The Hall–Kier alpha value is -1.66. The molecule has 6 nitrogen and oxygen atoms in total. The molecule has 0 aromatic carbocycles. The fraction of sp³-hybridized carbons (Fsp3) is 0.903. The maximum Gasteiger partial charge on any atom is 0.305 e. The molecule has 0 saturated carbocycles. The van der Waals surface area contributed by atoms with Crippen molar-refractivity contribution in [1.29, 1.82) is 0 Å². The van der Waals surface area contributed by atoms with Gasteiger partial charge in [-0.15, -0.1) is 0 Å². The monoisotopic (exact) mass is 958 g/mol. The molecule has 6 heteroatoms. The van der Waals surface area contributed by atoms with Crippen LogP contribution in [0.5, 0.6) is 0 Å². The van der Waals surface area contributed by atoms with Gasteiger partial charge < -0.3 is 20.3 Å². The van der Waals surface area contributed by atoms with Gasteiger partial charge in [-0.1, -0.05) is 301 Å². The van der Waals surface area contributed by atoms with Gasteiger partial charge in [0.2, 0.25) is 5.91 Å². The Bertz CT molecular complexity index is 1060. The summed E-state index contributed by atoms with van der Waals surface area (Å²) in [5, 5.41) is 23.3. The minimum atomic E-state index is -0.700. The fourth-order valence-electron chi connectivity index (χ4n) is 9.57. The number of aliphatic hydroxyl groups is 2. The first kappa shape index (κ1) is 66.3. The third kappa shape index (κ3) is 53.7. The second kappa shape index (κ2) is 57.9. The van der Waals surface area contributed by atoms with Gasteiger partial charge >= 0.3 is 5.97 Å². The molecule has 0 fully saturated rings. The van der Waals surface area contributed by atoms with Crippen molar-refractivity contribution in [3.8, 4) is 0 Å². The molecule has 3 N–H and O–H groups in total. The lowest BCUT2D eigenvalue weighted by Crippen LogP contribution is -2.45. The summed E-state index contributed by atoms with van der Waals surface area (Å²) in [6.45, 7) is 4.92. The molecule has 0 saturated heterocycles. The second-order valence-electron chi connectivity index (χ2n) is 21.0. The van der Waals surface area contributed by atoms with E-state index in [9.17, 15) is 19.8 Å². The van der Waals surface area contributed by atoms with Crippen LogP contribution in [-0.2, 0) is 14.3 Å². The molecule has 0 bridgehead atoms. The topological polar surface area (TPSA) is 95.9 Å². The summed E-state index contributed by atoms with van der Waals surface area (Å²) >= 11 is 0. The zero-order valence-corrected chi connectivity index (χ0v) is 45.9. The van der Waals surface area contributed by atoms with Crippen LogP contribution in [0.4, 0.5) is 0 Å². The van der Waals surface area contributed by atoms with E-state index < -0.39 is 12.1 Å². The molecule has 0 aliphatic heterocycles. The highest BCUT2D eigenvalue weighted by atomic mass is 16.5. The van der Waals surface area contributed by atoms with Gasteiger partial charge in [-0.2, -0.15) is 0 Å². The van der Waals surface area contributed by atoms with Crippen molar-refractivity contribution in [3.63, 3.8) is 0 Å². The Labute approximate surface area is 424 Å². The Morgan fingerprint density at radius 1 is 0.412 bits per heavy atom. The van der Waals surface area contributed by atoms with Crippen LogP contribution in [-0.4, -0.2) is 47.4 Å². The normalized spacial score (nSPS) is 12.7. The largest absolute Gasteiger partial charge is 0.466 e. The van der Waals surface area contributed by atoms with Crippen LogP contribution >= 0.6 is 0 Å².